The predicted molar refractivity (Wildman–Crippen MR) is 64.7 cm³/mol. The van der Waals surface area contributed by atoms with Gasteiger partial charge in [0.2, 0.25) is 0 Å². The minimum absolute atomic E-state index is 0.852. The van der Waals surface area contributed by atoms with Crippen LogP contribution in [0.3, 0.4) is 0 Å². The maximum Gasteiger partial charge on any atom is 0.113 e. The highest BCUT2D eigenvalue weighted by Crippen LogP contribution is 2.32. The van der Waals surface area contributed by atoms with Crippen molar-refractivity contribution in [2.45, 2.75) is 12.8 Å². The number of hydrogen-bond acceptors (Lipinski definition) is 0. The lowest BCUT2D eigenvalue weighted by Gasteiger charge is -2.20. The fourth-order valence-corrected chi connectivity index (χ4v) is 2.33. The summed E-state index contributed by atoms with van der Waals surface area (Å²) in [6.45, 7) is 0. The van der Waals surface area contributed by atoms with E-state index < -0.39 is 0 Å². The van der Waals surface area contributed by atoms with Crippen molar-refractivity contribution in [3.05, 3.63) is 53.6 Å². The zero-order valence-electron chi connectivity index (χ0n) is 8.53. The van der Waals surface area contributed by atoms with Gasteiger partial charge in [0.1, 0.15) is 7.85 Å². The fraction of sp³-hybridized carbons (Fsp3) is 0.143. The monoisotopic (exact) mass is 190 g/mol. The third-order valence-electron chi connectivity index (χ3n) is 3.11. The average Bonchev–Trinajstić information content (AvgIpc) is 2.29. The summed E-state index contributed by atoms with van der Waals surface area (Å²) in [6.07, 6.45) is 2.28. The molecule has 0 saturated heterocycles. The first-order valence-electron chi connectivity index (χ1n) is 5.31. The molecular weight excluding hydrogens is 179 g/mol. The maximum atomic E-state index is 5.84. The van der Waals surface area contributed by atoms with Gasteiger partial charge in [-0.1, -0.05) is 47.9 Å². The molecule has 1 aliphatic rings. The van der Waals surface area contributed by atoms with Crippen LogP contribution in [0.4, 0.5) is 0 Å². The van der Waals surface area contributed by atoms with Crippen molar-refractivity contribution in [3.63, 3.8) is 0 Å². The lowest BCUT2D eigenvalue weighted by Crippen LogP contribution is -2.09. The smallest absolute Gasteiger partial charge is 0.0960 e. The standard InChI is InChI=1S/C14H11B/c15-12-8-7-11-6-5-10-3-1-2-4-13(10)14(11)9-12/h1-4,7-9H,5-6H2. The number of aryl methyl sites for hydroxylation is 2. The van der Waals surface area contributed by atoms with E-state index in [2.05, 4.69) is 36.4 Å². The second-order valence-corrected chi connectivity index (χ2v) is 4.07. The van der Waals surface area contributed by atoms with Crippen LogP contribution in [0, 0.1) is 0 Å². The predicted octanol–water partition coefficient (Wildman–Crippen LogP) is 2.25. The first-order chi connectivity index (χ1) is 7.34. The van der Waals surface area contributed by atoms with Crippen LogP contribution in [-0.2, 0) is 12.8 Å². The Bertz CT molecular complexity index is 514. The first kappa shape index (κ1) is 8.78. The van der Waals surface area contributed by atoms with E-state index in [1.54, 1.807) is 0 Å². The highest BCUT2D eigenvalue weighted by Gasteiger charge is 2.14. The molecule has 2 aromatic rings. The maximum absolute atomic E-state index is 5.84. The minimum Gasteiger partial charge on any atom is -0.0960 e. The molecule has 0 bridgehead atoms. The summed E-state index contributed by atoms with van der Waals surface area (Å²) in [5.74, 6) is 0. The van der Waals surface area contributed by atoms with Crippen LogP contribution in [0.25, 0.3) is 11.1 Å². The quantitative estimate of drug-likeness (QED) is 0.559. The summed E-state index contributed by atoms with van der Waals surface area (Å²) in [5, 5.41) is 0. The Balaban J connectivity index is 2.28. The molecule has 0 saturated carbocycles. The summed E-state index contributed by atoms with van der Waals surface area (Å²) < 4.78 is 0. The molecule has 1 aliphatic carbocycles. The Labute approximate surface area is 91.4 Å². The van der Waals surface area contributed by atoms with Crippen molar-refractivity contribution in [2.24, 2.45) is 0 Å². The molecule has 3 rings (SSSR count). The van der Waals surface area contributed by atoms with Crippen LogP contribution < -0.4 is 5.46 Å². The van der Waals surface area contributed by atoms with Crippen LogP contribution >= 0.6 is 0 Å². The Morgan fingerprint density at radius 1 is 0.800 bits per heavy atom. The van der Waals surface area contributed by atoms with E-state index in [1.165, 1.54) is 22.3 Å². The first-order valence-corrected chi connectivity index (χ1v) is 5.31. The summed E-state index contributed by atoms with van der Waals surface area (Å²) in [6, 6.07) is 14.8. The summed E-state index contributed by atoms with van der Waals surface area (Å²) in [4.78, 5) is 0. The Kier molecular flexibility index (Phi) is 1.91. The number of benzene rings is 2. The van der Waals surface area contributed by atoms with E-state index in [4.69, 9.17) is 7.85 Å². The van der Waals surface area contributed by atoms with E-state index in [0.717, 1.165) is 18.3 Å². The molecule has 0 unspecified atom stereocenters. The number of hydrogen-bond donors (Lipinski definition) is 0. The fourth-order valence-electron chi connectivity index (χ4n) is 2.33. The average molecular weight is 190 g/mol. The van der Waals surface area contributed by atoms with E-state index in [9.17, 15) is 0 Å². The molecule has 0 heterocycles. The third kappa shape index (κ3) is 1.39. The van der Waals surface area contributed by atoms with E-state index in [-0.39, 0.29) is 0 Å². The molecule has 0 spiro atoms. The van der Waals surface area contributed by atoms with Gasteiger partial charge >= 0.3 is 0 Å². The van der Waals surface area contributed by atoms with Crippen LogP contribution in [0.15, 0.2) is 42.5 Å². The molecule has 2 radical (unpaired) electrons. The Hall–Kier alpha value is -1.50. The van der Waals surface area contributed by atoms with Crippen molar-refractivity contribution >= 4 is 13.3 Å². The van der Waals surface area contributed by atoms with Crippen molar-refractivity contribution in [2.75, 3.05) is 0 Å². The van der Waals surface area contributed by atoms with Gasteiger partial charge in [-0.15, -0.1) is 0 Å². The van der Waals surface area contributed by atoms with Gasteiger partial charge in [0.25, 0.3) is 0 Å². The van der Waals surface area contributed by atoms with E-state index in [0.29, 0.717) is 0 Å². The second-order valence-electron chi connectivity index (χ2n) is 4.07. The highest BCUT2D eigenvalue weighted by atomic mass is 14.2. The van der Waals surface area contributed by atoms with Gasteiger partial charge in [0.05, 0.1) is 0 Å². The van der Waals surface area contributed by atoms with Crippen molar-refractivity contribution in [1.82, 2.24) is 0 Å². The SMILES string of the molecule is [B]c1ccc2c(c1)-c1ccccc1CC2. The summed E-state index contributed by atoms with van der Waals surface area (Å²) >= 11 is 0. The zero-order chi connectivity index (χ0) is 10.3. The lowest BCUT2D eigenvalue weighted by molar-refractivity contribution is 0.943. The van der Waals surface area contributed by atoms with Crippen LogP contribution in [0.5, 0.6) is 0 Å². The van der Waals surface area contributed by atoms with Gasteiger partial charge in [-0.3, -0.25) is 0 Å². The van der Waals surface area contributed by atoms with E-state index >= 15 is 0 Å². The third-order valence-corrected chi connectivity index (χ3v) is 3.11. The zero-order valence-corrected chi connectivity index (χ0v) is 8.53. The molecule has 0 fully saturated rings. The topological polar surface area (TPSA) is 0 Å². The van der Waals surface area contributed by atoms with Gasteiger partial charge in [-0.2, -0.15) is 0 Å². The molecule has 70 valence electrons. The normalized spacial score (nSPS) is 13.1. The number of fused-ring (bicyclic) bond motifs is 3. The van der Waals surface area contributed by atoms with Crippen LogP contribution in [-0.4, -0.2) is 7.85 Å². The van der Waals surface area contributed by atoms with Crippen molar-refractivity contribution in [3.8, 4) is 11.1 Å². The molecular formula is C14H11B. The van der Waals surface area contributed by atoms with Gasteiger partial charge in [0.15, 0.2) is 0 Å². The van der Waals surface area contributed by atoms with Crippen LogP contribution in [0.2, 0.25) is 0 Å². The number of rotatable bonds is 0. The Morgan fingerprint density at radius 3 is 2.40 bits per heavy atom. The Morgan fingerprint density at radius 2 is 1.53 bits per heavy atom. The second kappa shape index (κ2) is 3.27. The molecule has 0 aromatic heterocycles. The molecule has 0 nitrogen and oxygen atoms in total. The molecule has 0 N–H and O–H groups in total. The van der Waals surface area contributed by atoms with Crippen molar-refractivity contribution in [1.29, 1.82) is 0 Å². The largest absolute Gasteiger partial charge is 0.113 e. The molecule has 2 aromatic carbocycles. The van der Waals surface area contributed by atoms with Gasteiger partial charge < -0.3 is 0 Å². The molecule has 0 aliphatic heterocycles. The van der Waals surface area contributed by atoms with Crippen molar-refractivity contribution < 1.29 is 0 Å². The van der Waals surface area contributed by atoms with Gasteiger partial charge in [-0.25, -0.2) is 0 Å². The van der Waals surface area contributed by atoms with Gasteiger partial charge in [-0.05, 0) is 35.1 Å². The highest BCUT2D eigenvalue weighted by molar-refractivity contribution is 6.32. The molecule has 0 atom stereocenters. The lowest BCUT2D eigenvalue weighted by atomic mass is 9.82. The van der Waals surface area contributed by atoms with E-state index in [1.807, 2.05) is 6.07 Å². The van der Waals surface area contributed by atoms with Crippen LogP contribution in [0.1, 0.15) is 11.1 Å². The summed E-state index contributed by atoms with van der Waals surface area (Å²) in [7, 11) is 5.84. The molecule has 0 amide bonds. The molecule has 1 heteroatoms. The van der Waals surface area contributed by atoms with Gasteiger partial charge in [0, 0.05) is 0 Å². The molecule has 15 heavy (non-hydrogen) atoms. The minimum atomic E-state index is 0.852. The summed E-state index contributed by atoms with van der Waals surface area (Å²) in [5.41, 5.74) is 6.38.